The summed E-state index contributed by atoms with van der Waals surface area (Å²) in [5.41, 5.74) is 4.51. The Bertz CT molecular complexity index is 1980. The van der Waals surface area contributed by atoms with Crippen molar-refractivity contribution in [1.82, 2.24) is 44.4 Å². The number of carbonyl (C=O) groups excluding carboxylic acids is 1. The van der Waals surface area contributed by atoms with Gasteiger partial charge >= 0.3 is 6.03 Å². The van der Waals surface area contributed by atoms with Crippen LogP contribution in [0.4, 0.5) is 16.6 Å². The van der Waals surface area contributed by atoms with Crippen molar-refractivity contribution in [2.24, 2.45) is 0 Å². The van der Waals surface area contributed by atoms with Crippen LogP contribution in [0.2, 0.25) is 0 Å². The molecule has 5 heterocycles. The molecule has 51 heavy (non-hydrogen) atoms. The van der Waals surface area contributed by atoms with Gasteiger partial charge in [-0.2, -0.15) is 10.2 Å². The fourth-order valence-electron chi connectivity index (χ4n) is 6.91. The molecule has 2 aliphatic rings. The van der Waals surface area contributed by atoms with Crippen LogP contribution in [-0.4, -0.2) is 83.9 Å². The maximum atomic E-state index is 13.7. The van der Waals surface area contributed by atoms with Crippen molar-refractivity contribution in [3.05, 3.63) is 77.4 Å². The quantitative estimate of drug-likeness (QED) is 0.179. The molecule has 0 unspecified atom stereocenters. The molecule has 14 heteroatoms. The van der Waals surface area contributed by atoms with Crippen LogP contribution in [0, 0.1) is 0 Å². The number of aliphatic hydroxyl groups excluding tert-OH is 1. The standard InChI is InChI=1S/C37H49N11O3/c1-37(2,3)32-21-34(48(43-32)30-23-46(20-19-44(4)5)42-29(30)24-49)39-35(50)38-28-14-15-31(27-12-8-7-11-26(27)28)51-25-13-16-33-40-41-36(47(33)22-25)45-17-9-6-10-18-45/h7-8,11-13,16,21-23,28,31,49H,6,9-10,14-15,17-20,24H2,1-5H3,(H2,38,39,50)/t28-,31+/m0/s1. The Hall–Kier alpha value is -4.95. The summed E-state index contributed by atoms with van der Waals surface area (Å²) in [5.74, 6) is 2.11. The minimum Gasteiger partial charge on any atom is -0.484 e. The van der Waals surface area contributed by atoms with Crippen LogP contribution in [0.25, 0.3) is 11.3 Å². The van der Waals surface area contributed by atoms with Crippen LogP contribution in [0.15, 0.2) is 54.9 Å². The van der Waals surface area contributed by atoms with Crippen molar-refractivity contribution in [2.45, 2.75) is 83.6 Å². The molecule has 1 fully saturated rings. The minimum absolute atomic E-state index is 0.175. The zero-order valence-corrected chi connectivity index (χ0v) is 30.2. The fourth-order valence-corrected chi connectivity index (χ4v) is 6.91. The number of benzene rings is 1. The van der Waals surface area contributed by atoms with Crippen LogP contribution < -0.4 is 20.3 Å². The number of urea groups is 1. The Morgan fingerprint density at radius 2 is 1.78 bits per heavy atom. The molecule has 2 amide bonds. The number of piperidine rings is 1. The fraction of sp³-hybridized carbons (Fsp3) is 0.486. The highest BCUT2D eigenvalue weighted by Gasteiger charge is 2.31. The normalized spacial score (nSPS) is 17.9. The van der Waals surface area contributed by atoms with E-state index in [-0.39, 0.29) is 30.2 Å². The average molecular weight is 696 g/mol. The molecule has 1 aromatic carbocycles. The van der Waals surface area contributed by atoms with Crippen LogP contribution >= 0.6 is 0 Å². The predicted octanol–water partition coefficient (Wildman–Crippen LogP) is 5.23. The van der Waals surface area contributed by atoms with Gasteiger partial charge in [-0.1, -0.05) is 45.0 Å². The number of likely N-dealkylation sites (N-methyl/N-ethyl adjacent to an activating group) is 1. The Morgan fingerprint density at radius 3 is 2.53 bits per heavy atom. The lowest BCUT2D eigenvalue weighted by molar-refractivity contribution is 0.171. The molecule has 3 N–H and O–H groups in total. The molecule has 7 rings (SSSR count). The van der Waals surface area contributed by atoms with Crippen molar-refractivity contribution in [3.63, 3.8) is 0 Å². The van der Waals surface area contributed by atoms with Crippen LogP contribution in [0.1, 0.15) is 87.5 Å². The topological polar surface area (TPSA) is 143 Å². The highest BCUT2D eigenvalue weighted by atomic mass is 16.5. The van der Waals surface area contributed by atoms with Crippen LogP contribution in [-0.2, 0) is 18.6 Å². The van der Waals surface area contributed by atoms with E-state index in [4.69, 9.17) is 9.84 Å². The number of carbonyl (C=O) groups is 1. The zero-order chi connectivity index (χ0) is 35.7. The molecular formula is C37H49N11O3. The molecule has 2 atom stereocenters. The summed E-state index contributed by atoms with van der Waals surface area (Å²) in [6.45, 7) is 9.38. The Morgan fingerprint density at radius 1 is 1.00 bits per heavy atom. The number of amides is 2. The summed E-state index contributed by atoms with van der Waals surface area (Å²) < 4.78 is 12.1. The monoisotopic (exact) mass is 695 g/mol. The Balaban J connectivity index is 1.09. The number of hydrogen-bond donors (Lipinski definition) is 3. The van der Waals surface area contributed by atoms with Crippen molar-refractivity contribution in [1.29, 1.82) is 0 Å². The maximum absolute atomic E-state index is 13.7. The van der Waals surface area contributed by atoms with Crippen LogP contribution in [0.5, 0.6) is 5.75 Å². The second-order valence-corrected chi connectivity index (χ2v) is 14.9. The van der Waals surface area contributed by atoms with Gasteiger partial charge in [0.25, 0.3) is 0 Å². The van der Waals surface area contributed by atoms with Crippen molar-refractivity contribution < 1.29 is 14.6 Å². The smallest absolute Gasteiger partial charge is 0.320 e. The summed E-state index contributed by atoms with van der Waals surface area (Å²) in [7, 11) is 4.01. The SMILES string of the molecule is CN(C)CCn1cc(-n2nc(C(C)(C)C)cc2NC(=O)N[C@H]2CC[C@@H](Oc3ccc4nnc(N5CCCCC5)n4c3)c3ccccc32)c(CO)n1. The molecule has 1 saturated heterocycles. The summed E-state index contributed by atoms with van der Waals surface area (Å²) >= 11 is 0. The van der Waals surface area contributed by atoms with Crippen molar-refractivity contribution in [2.75, 3.05) is 43.9 Å². The lowest BCUT2D eigenvalue weighted by Gasteiger charge is -2.32. The van der Waals surface area contributed by atoms with Crippen molar-refractivity contribution in [3.8, 4) is 11.4 Å². The minimum atomic E-state index is -0.343. The Labute approximate surface area is 298 Å². The number of aromatic nitrogens is 7. The Kier molecular flexibility index (Phi) is 9.71. The first-order valence-corrected chi connectivity index (χ1v) is 17.9. The van der Waals surface area contributed by atoms with E-state index < -0.39 is 0 Å². The lowest BCUT2D eigenvalue weighted by Crippen LogP contribution is -2.36. The molecule has 1 aliphatic carbocycles. The van der Waals surface area contributed by atoms with E-state index in [0.717, 1.165) is 73.1 Å². The third-order valence-electron chi connectivity index (χ3n) is 9.71. The molecule has 1 aliphatic heterocycles. The summed E-state index contributed by atoms with van der Waals surface area (Å²) in [4.78, 5) is 18.1. The molecule has 0 bridgehead atoms. The van der Waals surface area contributed by atoms with Gasteiger partial charge in [0.15, 0.2) is 5.65 Å². The number of hydrogen-bond acceptors (Lipinski definition) is 9. The van der Waals surface area contributed by atoms with Crippen molar-refractivity contribution >= 4 is 23.4 Å². The third kappa shape index (κ3) is 7.42. The molecule has 5 aromatic rings. The van der Waals surface area contributed by atoms with E-state index in [1.165, 1.54) is 6.42 Å². The largest absolute Gasteiger partial charge is 0.484 e. The highest BCUT2D eigenvalue weighted by molar-refractivity contribution is 5.89. The first-order chi connectivity index (χ1) is 24.6. The predicted molar refractivity (Wildman–Crippen MR) is 196 cm³/mol. The number of anilines is 2. The van der Waals surface area contributed by atoms with Gasteiger partial charge in [-0.15, -0.1) is 10.2 Å². The highest BCUT2D eigenvalue weighted by Crippen LogP contribution is 2.39. The van der Waals surface area contributed by atoms with Gasteiger partial charge in [-0.25, -0.2) is 9.48 Å². The van der Waals surface area contributed by atoms with Gasteiger partial charge in [0.2, 0.25) is 5.95 Å². The zero-order valence-electron chi connectivity index (χ0n) is 30.2. The summed E-state index contributed by atoms with van der Waals surface area (Å²) in [5, 5.41) is 34.8. The average Bonchev–Trinajstić information content (AvgIpc) is 3.85. The molecule has 0 saturated carbocycles. The van der Waals surface area contributed by atoms with E-state index in [1.54, 1.807) is 9.36 Å². The van der Waals surface area contributed by atoms with E-state index in [0.29, 0.717) is 30.2 Å². The van der Waals surface area contributed by atoms with Gasteiger partial charge in [0.1, 0.15) is 29.1 Å². The summed E-state index contributed by atoms with van der Waals surface area (Å²) in [6.07, 6.45) is 8.67. The molecule has 14 nitrogen and oxygen atoms in total. The first-order valence-electron chi connectivity index (χ1n) is 17.9. The number of nitrogens with one attached hydrogen (secondary N) is 2. The molecule has 4 aromatic heterocycles. The van der Waals surface area contributed by atoms with Gasteiger partial charge in [-0.3, -0.25) is 14.4 Å². The van der Waals surface area contributed by atoms with Gasteiger partial charge in [0, 0.05) is 31.1 Å². The number of ether oxygens (including phenoxy) is 1. The summed E-state index contributed by atoms with van der Waals surface area (Å²) in [6, 6.07) is 13.4. The van der Waals surface area contributed by atoms with E-state index in [9.17, 15) is 9.90 Å². The number of pyridine rings is 1. The molecule has 0 radical (unpaired) electrons. The van der Waals surface area contributed by atoms with E-state index in [1.807, 2.05) is 61.2 Å². The first kappa shape index (κ1) is 34.5. The molecule has 0 spiro atoms. The number of rotatable bonds is 10. The van der Waals surface area contributed by atoms with E-state index >= 15 is 0 Å². The molecule has 270 valence electrons. The van der Waals surface area contributed by atoms with Gasteiger partial charge in [0.05, 0.1) is 37.3 Å². The second kappa shape index (κ2) is 14.3. The second-order valence-electron chi connectivity index (χ2n) is 14.9. The van der Waals surface area contributed by atoms with Gasteiger partial charge < -0.3 is 25.0 Å². The van der Waals surface area contributed by atoms with Gasteiger partial charge in [-0.05, 0) is 69.5 Å². The maximum Gasteiger partial charge on any atom is 0.320 e. The number of nitrogens with zero attached hydrogens (tertiary/aromatic N) is 9. The number of fused-ring (bicyclic) bond motifs is 2. The van der Waals surface area contributed by atoms with E-state index in [2.05, 4.69) is 68.6 Å². The van der Waals surface area contributed by atoms with Crippen LogP contribution in [0.3, 0.4) is 0 Å². The number of aliphatic hydroxyl groups is 1. The third-order valence-corrected chi connectivity index (χ3v) is 9.71. The lowest BCUT2D eigenvalue weighted by atomic mass is 9.85. The molecular weight excluding hydrogens is 646 g/mol.